The fourth-order valence-electron chi connectivity index (χ4n) is 3.21. The summed E-state index contributed by atoms with van der Waals surface area (Å²) in [6.45, 7) is 1.81. The van der Waals surface area contributed by atoms with Gasteiger partial charge in [0.2, 0.25) is 0 Å². The van der Waals surface area contributed by atoms with Crippen LogP contribution >= 0.6 is 39.5 Å². The smallest absolute Gasteiger partial charge is 0.283 e. The van der Waals surface area contributed by atoms with E-state index >= 15 is 0 Å². The van der Waals surface area contributed by atoms with Crippen molar-refractivity contribution in [2.45, 2.75) is 6.92 Å². The van der Waals surface area contributed by atoms with Crippen molar-refractivity contribution in [3.8, 4) is 21.8 Å². The molecule has 4 aromatic rings. The monoisotopic (exact) mass is 485 g/mol. The Morgan fingerprint density at radius 1 is 1.00 bits per heavy atom. The molecule has 0 N–H and O–H groups in total. The third kappa shape index (κ3) is 3.48. The van der Waals surface area contributed by atoms with Gasteiger partial charge >= 0.3 is 0 Å². The van der Waals surface area contributed by atoms with Crippen molar-refractivity contribution < 1.29 is 0 Å². The zero-order chi connectivity index (χ0) is 20.7. The summed E-state index contributed by atoms with van der Waals surface area (Å²) < 4.78 is 5.90. The lowest BCUT2D eigenvalue weighted by Gasteiger charge is -2.07. The zero-order valence-corrected chi connectivity index (χ0v) is 18.8. The summed E-state index contributed by atoms with van der Waals surface area (Å²) >= 11 is 10.3. The second kappa shape index (κ2) is 7.70. The van der Waals surface area contributed by atoms with Crippen LogP contribution in [0.2, 0.25) is 0 Å². The van der Waals surface area contributed by atoms with Crippen molar-refractivity contribution >= 4 is 39.5 Å². The molecule has 2 aromatic heterocycles. The summed E-state index contributed by atoms with van der Waals surface area (Å²) in [4.78, 5) is 27.0. The van der Waals surface area contributed by atoms with E-state index in [1.165, 1.54) is 22.0 Å². The number of hydrogen-bond acceptors (Lipinski definition) is 4. The normalized spacial score (nSPS) is 11.0. The minimum Gasteiger partial charge on any atom is -0.283 e. The number of aromatic nitrogens is 3. The standard InChI is InChI=1S/C21H16BrN3O2S2/c1-13-19(20(27)25(23(13)2)16-6-4-3-5-7-16)24-18(26)12-17(29-21(24)28)14-8-10-15(22)11-9-14/h3-12H,1-2H3. The summed E-state index contributed by atoms with van der Waals surface area (Å²) in [6, 6.07) is 18.5. The molecular formula is C21H16BrN3O2S2. The van der Waals surface area contributed by atoms with Crippen LogP contribution in [0.1, 0.15) is 5.69 Å². The van der Waals surface area contributed by atoms with E-state index in [0.717, 1.165) is 20.6 Å². The molecule has 2 heterocycles. The molecule has 0 amide bonds. The number of para-hydroxylation sites is 1. The minimum atomic E-state index is -0.322. The Hall–Kier alpha value is -2.55. The number of hydrogen-bond donors (Lipinski definition) is 0. The molecule has 0 aliphatic carbocycles. The first-order chi connectivity index (χ1) is 13.9. The molecule has 146 valence electrons. The van der Waals surface area contributed by atoms with E-state index in [1.807, 2.05) is 61.5 Å². The molecule has 0 atom stereocenters. The van der Waals surface area contributed by atoms with Crippen LogP contribution in [0.4, 0.5) is 0 Å². The highest BCUT2D eigenvalue weighted by atomic mass is 79.9. The molecule has 0 saturated carbocycles. The van der Waals surface area contributed by atoms with E-state index < -0.39 is 0 Å². The molecule has 0 unspecified atom stereocenters. The van der Waals surface area contributed by atoms with Gasteiger partial charge in [0, 0.05) is 22.5 Å². The van der Waals surface area contributed by atoms with E-state index in [4.69, 9.17) is 12.2 Å². The molecule has 0 fully saturated rings. The van der Waals surface area contributed by atoms with E-state index in [0.29, 0.717) is 9.65 Å². The predicted molar refractivity (Wildman–Crippen MR) is 123 cm³/mol. The second-order valence-electron chi connectivity index (χ2n) is 6.47. The summed E-state index contributed by atoms with van der Waals surface area (Å²) in [6.07, 6.45) is 0. The average molecular weight is 486 g/mol. The molecule has 0 bridgehead atoms. The summed E-state index contributed by atoms with van der Waals surface area (Å²) in [7, 11) is 1.79. The fourth-order valence-corrected chi connectivity index (χ4v) is 4.79. The van der Waals surface area contributed by atoms with Crippen LogP contribution in [-0.4, -0.2) is 13.9 Å². The Kier molecular flexibility index (Phi) is 5.24. The van der Waals surface area contributed by atoms with Gasteiger partial charge in [-0.3, -0.25) is 18.8 Å². The molecule has 0 aliphatic heterocycles. The van der Waals surface area contributed by atoms with Crippen molar-refractivity contribution in [2.24, 2.45) is 7.05 Å². The first-order valence-corrected chi connectivity index (χ1v) is 10.8. The van der Waals surface area contributed by atoms with Gasteiger partial charge in [-0.25, -0.2) is 4.68 Å². The number of nitrogens with zero attached hydrogens (tertiary/aromatic N) is 3. The Morgan fingerprint density at radius 3 is 2.28 bits per heavy atom. The van der Waals surface area contributed by atoms with Gasteiger partial charge in [0.05, 0.1) is 11.4 Å². The quantitative estimate of drug-likeness (QED) is 0.389. The van der Waals surface area contributed by atoms with Crippen LogP contribution < -0.4 is 11.1 Å². The van der Waals surface area contributed by atoms with Gasteiger partial charge in [-0.2, -0.15) is 0 Å². The molecule has 0 aliphatic rings. The van der Waals surface area contributed by atoms with Crippen molar-refractivity contribution in [3.63, 3.8) is 0 Å². The third-order valence-electron chi connectivity index (χ3n) is 4.73. The maximum atomic E-state index is 13.2. The molecule has 5 nitrogen and oxygen atoms in total. The highest BCUT2D eigenvalue weighted by molar-refractivity contribution is 9.10. The van der Waals surface area contributed by atoms with Gasteiger partial charge in [0.1, 0.15) is 5.69 Å². The molecule has 0 saturated heterocycles. The van der Waals surface area contributed by atoms with Crippen molar-refractivity contribution in [3.05, 3.63) is 95.5 Å². The second-order valence-corrected chi connectivity index (χ2v) is 9.06. The minimum absolute atomic E-state index is 0.282. The van der Waals surface area contributed by atoms with Gasteiger partial charge in [-0.1, -0.05) is 46.3 Å². The Bertz CT molecular complexity index is 1350. The number of halogens is 1. The fraction of sp³-hybridized carbons (Fsp3) is 0.0952. The van der Waals surface area contributed by atoms with Crippen LogP contribution in [0.3, 0.4) is 0 Å². The van der Waals surface area contributed by atoms with E-state index in [2.05, 4.69) is 15.9 Å². The number of rotatable bonds is 3. The molecular weight excluding hydrogens is 470 g/mol. The largest absolute Gasteiger partial charge is 0.296 e. The first-order valence-electron chi connectivity index (χ1n) is 8.76. The van der Waals surface area contributed by atoms with Gasteiger partial charge in [0.25, 0.3) is 11.1 Å². The van der Waals surface area contributed by atoms with Crippen molar-refractivity contribution in [1.29, 1.82) is 0 Å². The van der Waals surface area contributed by atoms with Crippen LogP contribution in [-0.2, 0) is 7.05 Å². The van der Waals surface area contributed by atoms with Gasteiger partial charge in [-0.05, 0) is 49.0 Å². The van der Waals surface area contributed by atoms with Crippen LogP contribution in [0.25, 0.3) is 21.8 Å². The van der Waals surface area contributed by atoms with E-state index in [-0.39, 0.29) is 16.8 Å². The van der Waals surface area contributed by atoms with Gasteiger partial charge in [-0.15, -0.1) is 11.3 Å². The van der Waals surface area contributed by atoms with Gasteiger partial charge < -0.3 is 0 Å². The molecule has 0 spiro atoms. The Morgan fingerprint density at radius 2 is 1.66 bits per heavy atom. The Balaban J connectivity index is 1.93. The van der Waals surface area contributed by atoms with Gasteiger partial charge in [0.15, 0.2) is 3.95 Å². The number of benzene rings is 2. The van der Waals surface area contributed by atoms with E-state index in [1.54, 1.807) is 16.4 Å². The highest BCUT2D eigenvalue weighted by Gasteiger charge is 2.20. The average Bonchev–Trinajstić information content (AvgIpc) is 2.92. The third-order valence-corrected chi connectivity index (χ3v) is 6.62. The summed E-state index contributed by atoms with van der Waals surface area (Å²) in [5.74, 6) is 0. The van der Waals surface area contributed by atoms with Crippen LogP contribution in [0.15, 0.2) is 74.7 Å². The van der Waals surface area contributed by atoms with Crippen LogP contribution in [0.5, 0.6) is 0 Å². The maximum absolute atomic E-state index is 13.2. The Labute approximate surface area is 184 Å². The van der Waals surface area contributed by atoms with E-state index in [9.17, 15) is 9.59 Å². The molecule has 8 heteroatoms. The molecule has 4 rings (SSSR count). The lowest BCUT2D eigenvalue weighted by atomic mass is 10.2. The highest BCUT2D eigenvalue weighted by Crippen LogP contribution is 2.25. The zero-order valence-electron chi connectivity index (χ0n) is 15.6. The topological polar surface area (TPSA) is 48.9 Å². The van der Waals surface area contributed by atoms with Crippen molar-refractivity contribution in [2.75, 3.05) is 0 Å². The maximum Gasteiger partial charge on any atom is 0.296 e. The lowest BCUT2D eigenvalue weighted by Crippen LogP contribution is -2.26. The van der Waals surface area contributed by atoms with Crippen LogP contribution in [0, 0.1) is 10.9 Å². The van der Waals surface area contributed by atoms with Crippen molar-refractivity contribution in [1.82, 2.24) is 13.9 Å². The SMILES string of the molecule is Cc1c(-n2c(=O)cc(-c3ccc(Br)cc3)sc2=S)c(=O)n(-c2ccccc2)n1C. The molecule has 29 heavy (non-hydrogen) atoms. The summed E-state index contributed by atoms with van der Waals surface area (Å²) in [5, 5.41) is 0. The summed E-state index contributed by atoms with van der Waals surface area (Å²) in [5.41, 5.74) is 1.97. The molecule has 0 radical (unpaired) electrons. The first kappa shape index (κ1) is 19.8. The lowest BCUT2D eigenvalue weighted by molar-refractivity contribution is 0.630. The predicted octanol–water partition coefficient (Wildman–Crippen LogP) is 4.86. The molecule has 2 aromatic carbocycles.